The van der Waals surface area contributed by atoms with Crippen LogP contribution >= 0.6 is 0 Å². The third-order valence-electron chi connectivity index (χ3n) is 4.66. The molecule has 1 amide bonds. The zero-order valence-corrected chi connectivity index (χ0v) is 13.0. The molecule has 1 saturated heterocycles. The van der Waals surface area contributed by atoms with Crippen LogP contribution in [-0.4, -0.2) is 51.5 Å². The molecular formula is C15H25NO5. The number of amides is 1. The highest BCUT2D eigenvalue weighted by molar-refractivity contribution is 5.77. The zero-order valence-electron chi connectivity index (χ0n) is 13.0. The lowest BCUT2D eigenvalue weighted by atomic mass is 9.69. The van der Waals surface area contributed by atoms with E-state index in [1.165, 1.54) is 4.90 Å². The summed E-state index contributed by atoms with van der Waals surface area (Å²) in [5.41, 5.74) is -3.08. The number of hydrogen-bond acceptors (Lipinski definition) is 4. The molecule has 2 N–H and O–H groups in total. The molecule has 2 aliphatic rings. The third-order valence-corrected chi connectivity index (χ3v) is 4.66. The van der Waals surface area contributed by atoms with Crippen molar-refractivity contribution in [2.24, 2.45) is 5.41 Å². The summed E-state index contributed by atoms with van der Waals surface area (Å²) in [6.45, 7) is 5.71. The standard InChI is InChI=1S/C15H25NO5/c1-13(2,3)21-12(19)16-9-8-15(20,10-16)14(11(17)18)6-4-5-7-14/h20H,4-10H2,1-3H3,(H,17,18). The SMILES string of the molecule is CC(C)(C)OC(=O)N1CCC(O)(C2(C(=O)O)CCCC2)C1. The van der Waals surface area contributed by atoms with Crippen LogP contribution in [0.15, 0.2) is 0 Å². The molecule has 120 valence electrons. The van der Waals surface area contributed by atoms with E-state index in [4.69, 9.17) is 4.74 Å². The number of aliphatic hydroxyl groups is 1. The Morgan fingerprint density at radius 2 is 1.71 bits per heavy atom. The molecule has 1 atom stereocenters. The lowest BCUT2D eigenvalue weighted by Gasteiger charge is -2.39. The molecule has 21 heavy (non-hydrogen) atoms. The monoisotopic (exact) mass is 299 g/mol. The van der Waals surface area contributed by atoms with Gasteiger partial charge in [0.15, 0.2) is 0 Å². The van der Waals surface area contributed by atoms with Crippen molar-refractivity contribution in [1.29, 1.82) is 0 Å². The van der Waals surface area contributed by atoms with Crippen LogP contribution in [0.5, 0.6) is 0 Å². The van der Waals surface area contributed by atoms with E-state index in [0.717, 1.165) is 12.8 Å². The van der Waals surface area contributed by atoms with Crippen LogP contribution in [0, 0.1) is 5.41 Å². The number of carboxylic acid groups (broad SMARTS) is 1. The van der Waals surface area contributed by atoms with Crippen molar-refractivity contribution in [2.45, 2.75) is 64.1 Å². The van der Waals surface area contributed by atoms with E-state index in [1.54, 1.807) is 20.8 Å². The van der Waals surface area contributed by atoms with Crippen molar-refractivity contribution in [3.63, 3.8) is 0 Å². The molecule has 0 aromatic heterocycles. The summed E-state index contributed by atoms with van der Waals surface area (Å²) in [4.78, 5) is 25.2. The fourth-order valence-electron chi connectivity index (χ4n) is 3.52. The quantitative estimate of drug-likeness (QED) is 0.814. The Hall–Kier alpha value is -1.30. The smallest absolute Gasteiger partial charge is 0.410 e. The first-order chi connectivity index (χ1) is 9.60. The number of β-amino-alcohol motifs (C(OH)–C–C–N with tert-alkyl or cyclic N) is 1. The van der Waals surface area contributed by atoms with Gasteiger partial charge in [0.1, 0.15) is 11.2 Å². The maximum absolute atomic E-state index is 12.1. The number of likely N-dealkylation sites (tertiary alicyclic amines) is 1. The van der Waals surface area contributed by atoms with Crippen molar-refractivity contribution in [2.75, 3.05) is 13.1 Å². The first kappa shape index (κ1) is 16.1. The van der Waals surface area contributed by atoms with E-state index in [2.05, 4.69) is 0 Å². The second-order valence-corrected chi connectivity index (χ2v) is 7.28. The molecule has 1 aliphatic carbocycles. The van der Waals surface area contributed by atoms with Crippen LogP contribution in [0.2, 0.25) is 0 Å². The van der Waals surface area contributed by atoms with Gasteiger partial charge in [0.25, 0.3) is 0 Å². The van der Waals surface area contributed by atoms with Gasteiger partial charge < -0.3 is 19.8 Å². The minimum atomic E-state index is -1.35. The number of carbonyl (C=O) groups is 2. The van der Waals surface area contributed by atoms with Crippen molar-refractivity contribution >= 4 is 12.1 Å². The van der Waals surface area contributed by atoms with Crippen LogP contribution in [0.3, 0.4) is 0 Å². The number of aliphatic carboxylic acids is 1. The molecule has 1 aliphatic heterocycles. The Morgan fingerprint density at radius 1 is 1.14 bits per heavy atom. The van der Waals surface area contributed by atoms with Gasteiger partial charge in [-0.15, -0.1) is 0 Å². The first-order valence-electron chi connectivity index (χ1n) is 7.53. The van der Waals surface area contributed by atoms with Crippen molar-refractivity contribution in [3.05, 3.63) is 0 Å². The van der Waals surface area contributed by atoms with E-state index in [9.17, 15) is 19.8 Å². The van der Waals surface area contributed by atoms with Gasteiger partial charge in [0.05, 0.1) is 12.0 Å². The van der Waals surface area contributed by atoms with E-state index in [1.807, 2.05) is 0 Å². The normalized spacial score (nSPS) is 28.7. The van der Waals surface area contributed by atoms with Gasteiger partial charge in [-0.2, -0.15) is 0 Å². The molecule has 0 aromatic rings. The lowest BCUT2D eigenvalue weighted by Crippen LogP contribution is -2.54. The van der Waals surface area contributed by atoms with Crippen molar-refractivity contribution in [3.8, 4) is 0 Å². The van der Waals surface area contributed by atoms with Gasteiger partial charge in [-0.3, -0.25) is 4.79 Å². The summed E-state index contributed by atoms with van der Waals surface area (Å²) in [5.74, 6) is -0.950. The molecule has 1 unspecified atom stereocenters. The van der Waals surface area contributed by atoms with Crippen molar-refractivity contribution < 1.29 is 24.5 Å². The largest absolute Gasteiger partial charge is 0.481 e. The van der Waals surface area contributed by atoms with E-state index < -0.39 is 28.7 Å². The molecule has 2 rings (SSSR count). The molecule has 6 nitrogen and oxygen atoms in total. The van der Waals surface area contributed by atoms with Gasteiger partial charge in [-0.1, -0.05) is 12.8 Å². The zero-order chi connectivity index (χ0) is 15.9. The summed E-state index contributed by atoms with van der Waals surface area (Å²) < 4.78 is 5.30. The maximum Gasteiger partial charge on any atom is 0.410 e. The summed E-state index contributed by atoms with van der Waals surface area (Å²) in [5, 5.41) is 20.5. The minimum Gasteiger partial charge on any atom is -0.481 e. The van der Waals surface area contributed by atoms with Crippen LogP contribution in [-0.2, 0) is 9.53 Å². The Morgan fingerprint density at radius 3 is 2.19 bits per heavy atom. The summed E-state index contributed by atoms with van der Waals surface area (Å²) in [6.07, 6.45) is 2.36. The number of rotatable bonds is 2. The van der Waals surface area contributed by atoms with E-state index in [-0.39, 0.29) is 6.54 Å². The fourth-order valence-corrected chi connectivity index (χ4v) is 3.52. The molecule has 0 radical (unpaired) electrons. The van der Waals surface area contributed by atoms with Crippen LogP contribution in [0.25, 0.3) is 0 Å². The Balaban J connectivity index is 2.13. The molecule has 0 bridgehead atoms. The highest BCUT2D eigenvalue weighted by atomic mass is 16.6. The Labute approximate surface area is 125 Å². The predicted octanol–water partition coefficient (Wildman–Crippen LogP) is 2.00. The van der Waals surface area contributed by atoms with Crippen LogP contribution in [0.1, 0.15) is 52.9 Å². The highest BCUT2D eigenvalue weighted by Crippen LogP contribution is 2.50. The topological polar surface area (TPSA) is 87.1 Å². The van der Waals surface area contributed by atoms with Gasteiger partial charge >= 0.3 is 12.1 Å². The average molecular weight is 299 g/mol. The van der Waals surface area contributed by atoms with Crippen LogP contribution < -0.4 is 0 Å². The number of carbonyl (C=O) groups excluding carboxylic acids is 1. The highest BCUT2D eigenvalue weighted by Gasteiger charge is 2.60. The fraction of sp³-hybridized carbons (Fsp3) is 0.867. The number of carboxylic acids is 1. The molecule has 6 heteroatoms. The third kappa shape index (κ3) is 2.86. The molecule has 2 fully saturated rings. The number of ether oxygens (including phenoxy) is 1. The molecule has 1 saturated carbocycles. The van der Waals surface area contributed by atoms with E-state index >= 15 is 0 Å². The number of hydrogen-bond donors (Lipinski definition) is 2. The summed E-state index contributed by atoms with van der Waals surface area (Å²) in [6, 6.07) is 0. The van der Waals surface area contributed by atoms with E-state index in [0.29, 0.717) is 25.8 Å². The number of nitrogens with zero attached hydrogens (tertiary/aromatic N) is 1. The summed E-state index contributed by atoms with van der Waals surface area (Å²) >= 11 is 0. The van der Waals surface area contributed by atoms with Crippen LogP contribution in [0.4, 0.5) is 4.79 Å². The van der Waals surface area contributed by atoms with Gasteiger partial charge in [-0.25, -0.2) is 4.79 Å². The first-order valence-corrected chi connectivity index (χ1v) is 7.53. The van der Waals surface area contributed by atoms with Gasteiger partial charge in [0.2, 0.25) is 0 Å². The Bertz CT molecular complexity index is 436. The second kappa shape index (κ2) is 5.16. The van der Waals surface area contributed by atoms with Gasteiger partial charge in [-0.05, 0) is 40.0 Å². The molecular weight excluding hydrogens is 274 g/mol. The summed E-state index contributed by atoms with van der Waals surface area (Å²) in [7, 11) is 0. The minimum absolute atomic E-state index is 0.0359. The van der Waals surface area contributed by atoms with Gasteiger partial charge in [0, 0.05) is 6.54 Å². The second-order valence-electron chi connectivity index (χ2n) is 7.28. The Kier molecular flexibility index (Phi) is 3.95. The lowest BCUT2D eigenvalue weighted by molar-refractivity contribution is -0.167. The molecule has 0 aromatic carbocycles. The van der Waals surface area contributed by atoms with Crippen molar-refractivity contribution in [1.82, 2.24) is 4.90 Å². The average Bonchev–Trinajstić information content (AvgIpc) is 2.94. The molecule has 0 spiro atoms. The maximum atomic E-state index is 12.1. The molecule has 1 heterocycles. The predicted molar refractivity (Wildman–Crippen MR) is 75.9 cm³/mol.